The number of benzene rings is 1. The molecule has 1 aromatic rings. The van der Waals surface area contributed by atoms with Crippen molar-refractivity contribution in [2.24, 2.45) is 5.73 Å². The van der Waals surface area contributed by atoms with Crippen LogP contribution in [0.3, 0.4) is 0 Å². The lowest BCUT2D eigenvalue weighted by Gasteiger charge is -2.24. The van der Waals surface area contributed by atoms with Crippen molar-refractivity contribution in [3.63, 3.8) is 0 Å². The molecule has 0 aromatic heterocycles. The van der Waals surface area contributed by atoms with Gasteiger partial charge in [0.1, 0.15) is 4.90 Å². The zero-order valence-corrected chi connectivity index (χ0v) is 13.8. The molecular weight excluding hydrogens is 351 g/mol. The number of nitrogens with two attached hydrogens (primary N) is 1. The molecule has 0 fully saturated rings. The molecule has 1 atom stereocenters. The molecule has 20 heavy (non-hydrogen) atoms. The van der Waals surface area contributed by atoms with Gasteiger partial charge >= 0.3 is 0 Å². The zero-order valence-electron chi connectivity index (χ0n) is 11.4. The topological polar surface area (TPSA) is 80.5 Å². The summed E-state index contributed by atoms with van der Waals surface area (Å²) in [5.41, 5.74) is 5.16. The van der Waals surface area contributed by atoms with E-state index in [-0.39, 0.29) is 18.2 Å². The fourth-order valence-electron chi connectivity index (χ4n) is 1.54. The Bertz CT molecular complexity index is 634. The maximum absolute atomic E-state index is 14.2. The molecule has 0 bridgehead atoms. The van der Waals surface area contributed by atoms with Crippen molar-refractivity contribution in [1.82, 2.24) is 4.90 Å². The van der Waals surface area contributed by atoms with E-state index in [2.05, 4.69) is 15.9 Å². The summed E-state index contributed by atoms with van der Waals surface area (Å²) in [6.07, 6.45) is 0.887. The number of carbonyl (C=O) groups excluding carboxylic acids is 1. The largest absolute Gasteiger partial charge is 0.338 e. The molecule has 0 aliphatic heterocycles. The monoisotopic (exact) mass is 366 g/mol. The fourth-order valence-corrected chi connectivity index (χ4v) is 2.92. The predicted molar refractivity (Wildman–Crippen MR) is 77.8 cm³/mol. The molecule has 8 heteroatoms. The van der Waals surface area contributed by atoms with E-state index in [1.165, 1.54) is 18.0 Å². The van der Waals surface area contributed by atoms with Gasteiger partial charge in [0.25, 0.3) is 5.91 Å². The fraction of sp³-hybridized carbons (Fsp3) is 0.417. The summed E-state index contributed by atoms with van der Waals surface area (Å²) in [7, 11) is -2.28. The molecule has 1 rings (SSSR count). The Hall–Kier alpha value is -0.990. The molecular formula is C12H16BrFN2O3S. The van der Waals surface area contributed by atoms with Crippen molar-refractivity contribution in [3.8, 4) is 0 Å². The first-order valence-electron chi connectivity index (χ1n) is 5.76. The molecule has 5 nitrogen and oxygen atoms in total. The van der Waals surface area contributed by atoms with Gasteiger partial charge < -0.3 is 10.6 Å². The van der Waals surface area contributed by atoms with Gasteiger partial charge in [0.05, 0.1) is 5.56 Å². The predicted octanol–water partition coefficient (Wildman–Crippen LogP) is 1.41. The quantitative estimate of drug-likeness (QED) is 0.873. The Labute approximate surface area is 126 Å². The maximum atomic E-state index is 14.2. The molecule has 0 radical (unpaired) electrons. The van der Waals surface area contributed by atoms with Crippen molar-refractivity contribution in [2.75, 3.05) is 19.8 Å². The van der Waals surface area contributed by atoms with Crippen LogP contribution in [0.5, 0.6) is 0 Å². The van der Waals surface area contributed by atoms with Crippen molar-refractivity contribution in [2.45, 2.75) is 17.9 Å². The van der Waals surface area contributed by atoms with Crippen molar-refractivity contribution in [3.05, 3.63) is 28.0 Å². The van der Waals surface area contributed by atoms with Crippen LogP contribution in [0.15, 0.2) is 21.5 Å². The summed E-state index contributed by atoms with van der Waals surface area (Å²) in [6, 6.07) is 2.10. The second kappa shape index (κ2) is 6.19. The number of sulfone groups is 1. The summed E-state index contributed by atoms with van der Waals surface area (Å²) >= 11 is 3.08. The van der Waals surface area contributed by atoms with Gasteiger partial charge in [0, 0.05) is 30.4 Å². The Morgan fingerprint density at radius 1 is 1.50 bits per heavy atom. The maximum Gasteiger partial charge on any atom is 0.256 e. The second-order valence-corrected chi connectivity index (χ2v) is 7.44. The van der Waals surface area contributed by atoms with Crippen LogP contribution in [0.2, 0.25) is 0 Å². The minimum Gasteiger partial charge on any atom is -0.338 e. The summed E-state index contributed by atoms with van der Waals surface area (Å²) in [5, 5.41) is 0. The highest BCUT2D eigenvalue weighted by Gasteiger charge is 2.25. The van der Waals surface area contributed by atoms with Crippen LogP contribution < -0.4 is 5.73 Å². The number of halogens is 2. The first kappa shape index (κ1) is 17.1. The van der Waals surface area contributed by atoms with Gasteiger partial charge in [-0.2, -0.15) is 0 Å². The van der Waals surface area contributed by atoms with E-state index >= 15 is 0 Å². The minimum atomic E-state index is -3.76. The Morgan fingerprint density at radius 2 is 2.05 bits per heavy atom. The van der Waals surface area contributed by atoms with E-state index in [0.29, 0.717) is 4.47 Å². The van der Waals surface area contributed by atoms with Gasteiger partial charge in [-0.05, 0) is 19.1 Å². The highest BCUT2D eigenvalue weighted by molar-refractivity contribution is 9.10. The zero-order chi connectivity index (χ0) is 15.7. The number of carbonyl (C=O) groups is 1. The highest BCUT2D eigenvalue weighted by Crippen LogP contribution is 2.25. The first-order chi connectivity index (χ1) is 9.09. The van der Waals surface area contributed by atoms with Gasteiger partial charge in [-0.3, -0.25) is 4.79 Å². The molecule has 2 N–H and O–H groups in total. The van der Waals surface area contributed by atoms with Crippen LogP contribution in [0.25, 0.3) is 0 Å². The lowest BCUT2D eigenvalue weighted by Crippen LogP contribution is -2.40. The van der Waals surface area contributed by atoms with Crippen LogP contribution in [-0.2, 0) is 9.84 Å². The normalized spacial score (nSPS) is 13.1. The molecule has 112 valence electrons. The van der Waals surface area contributed by atoms with E-state index in [0.717, 1.165) is 12.3 Å². The van der Waals surface area contributed by atoms with Gasteiger partial charge in [0.15, 0.2) is 15.7 Å². The van der Waals surface area contributed by atoms with E-state index < -0.39 is 26.5 Å². The van der Waals surface area contributed by atoms with Gasteiger partial charge in [-0.15, -0.1) is 0 Å². The van der Waals surface area contributed by atoms with Crippen molar-refractivity contribution >= 4 is 31.7 Å². The highest BCUT2D eigenvalue weighted by atomic mass is 79.9. The van der Waals surface area contributed by atoms with Gasteiger partial charge in [-0.1, -0.05) is 15.9 Å². The number of nitrogens with zero attached hydrogens (tertiary/aromatic N) is 1. The van der Waals surface area contributed by atoms with Crippen molar-refractivity contribution < 1.29 is 17.6 Å². The van der Waals surface area contributed by atoms with E-state index in [4.69, 9.17) is 5.73 Å². The molecule has 1 unspecified atom stereocenters. The molecule has 0 aliphatic carbocycles. The van der Waals surface area contributed by atoms with E-state index in [1.807, 2.05) is 0 Å². The molecule has 0 saturated heterocycles. The lowest BCUT2D eigenvalue weighted by atomic mass is 10.1. The number of hydrogen-bond donors (Lipinski definition) is 1. The molecule has 1 amide bonds. The van der Waals surface area contributed by atoms with Gasteiger partial charge in [0.2, 0.25) is 0 Å². The van der Waals surface area contributed by atoms with Crippen LogP contribution in [0.1, 0.15) is 17.3 Å². The van der Waals surface area contributed by atoms with Crippen LogP contribution in [0, 0.1) is 5.82 Å². The van der Waals surface area contributed by atoms with E-state index in [9.17, 15) is 17.6 Å². The molecule has 1 aromatic carbocycles. The number of rotatable bonds is 4. The minimum absolute atomic E-state index is 0.219. The molecule has 0 aliphatic rings. The first-order valence-corrected chi connectivity index (χ1v) is 8.44. The Balaban J connectivity index is 3.40. The summed E-state index contributed by atoms with van der Waals surface area (Å²) < 4.78 is 37.6. The van der Waals surface area contributed by atoms with Crippen LogP contribution >= 0.6 is 15.9 Å². The molecule has 0 saturated carbocycles. The SMILES string of the molecule is CC(CN)N(C)C(=O)c1cc(Br)cc(S(C)(=O)=O)c1F. The average molecular weight is 367 g/mol. The Kier molecular flexibility index (Phi) is 5.28. The van der Waals surface area contributed by atoms with Gasteiger partial charge in [-0.25, -0.2) is 12.8 Å². The number of amides is 1. The smallest absolute Gasteiger partial charge is 0.256 e. The number of likely N-dealkylation sites (N-methyl/N-ethyl adjacent to an activating group) is 1. The summed E-state index contributed by atoms with van der Waals surface area (Å²) in [4.78, 5) is 13.0. The van der Waals surface area contributed by atoms with Crippen LogP contribution in [0.4, 0.5) is 4.39 Å². The van der Waals surface area contributed by atoms with E-state index in [1.54, 1.807) is 6.92 Å². The lowest BCUT2D eigenvalue weighted by molar-refractivity contribution is 0.0743. The average Bonchev–Trinajstić information content (AvgIpc) is 2.37. The van der Waals surface area contributed by atoms with Crippen LogP contribution in [-0.4, -0.2) is 45.1 Å². The molecule has 0 spiro atoms. The standard InChI is InChI=1S/C12H16BrFN2O3S/c1-7(6-15)16(2)12(17)9-4-8(13)5-10(11(9)14)20(3,18)19/h4-5,7H,6,15H2,1-3H3. The third-order valence-corrected chi connectivity index (χ3v) is 4.51. The molecule has 0 heterocycles. The summed E-state index contributed by atoms with van der Waals surface area (Å²) in [5.74, 6) is -1.66. The van der Waals surface area contributed by atoms with Crippen molar-refractivity contribution in [1.29, 1.82) is 0 Å². The third kappa shape index (κ3) is 3.56. The Morgan fingerprint density at radius 3 is 2.50 bits per heavy atom. The number of hydrogen-bond acceptors (Lipinski definition) is 4. The second-order valence-electron chi connectivity index (χ2n) is 4.54. The summed E-state index contributed by atoms with van der Waals surface area (Å²) in [6.45, 7) is 1.93. The third-order valence-electron chi connectivity index (χ3n) is 2.96.